The molecule has 1 atom stereocenters. The zero-order valence-electron chi connectivity index (χ0n) is 18.9. The van der Waals surface area contributed by atoms with Gasteiger partial charge in [0, 0.05) is 29.9 Å². The molecule has 0 saturated carbocycles. The summed E-state index contributed by atoms with van der Waals surface area (Å²) in [5, 5.41) is 4.30. The van der Waals surface area contributed by atoms with Gasteiger partial charge in [0.05, 0.1) is 10.9 Å². The lowest BCUT2D eigenvalue weighted by atomic mass is 9.68. The van der Waals surface area contributed by atoms with Crippen LogP contribution in [0, 0.1) is 0 Å². The minimum absolute atomic E-state index is 0.193. The Morgan fingerprint density at radius 1 is 1.09 bits per heavy atom. The van der Waals surface area contributed by atoms with Crippen molar-refractivity contribution in [2.75, 3.05) is 18.4 Å². The van der Waals surface area contributed by atoms with E-state index in [0.717, 1.165) is 86.9 Å². The van der Waals surface area contributed by atoms with Crippen molar-refractivity contribution in [2.45, 2.75) is 56.9 Å². The van der Waals surface area contributed by atoms with Crippen LogP contribution in [-0.2, 0) is 29.6 Å². The average molecular weight is 443 g/mol. The minimum Gasteiger partial charge on any atom is -0.351 e. The summed E-state index contributed by atoms with van der Waals surface area (Å²) in [4.78, 5) is 27.7. The first-order valence-electron chi connectivity index (χ1n) is 12.2. The smallest absolute Gasteiger partial charge is 0.323 e. The van der Waals surface area contributed by atoms with Gasteiger partial charge in [-0.05, 0) is 73.9 Å². The van der Waals surface area contributed by atoms with Crippen LogP contribution in [0.4, 0.5) is 10.5 Å². The van der Waals surface area contributed by atoms with Gasteiger partial charge in [-0.2, -0.15) is 0 Å². The van der Waals surface area contributed by atoms with Crippen LogP contribution in [0.3, 0.4) is 0 Å². The van der Waals surface area contributed by atoms with Crippen molar-refractivity contribution >= 4 is 28.5 Å². The number of carbonyl (C=O) groups excluding carboxylic acids is 2. The highest BCUT2D eigenvalue weighted by Crippen LogP contribution is 2.49. The highest BCUT2D eigenvalue weighted by Gasteiger charge is 2.48. The summed E-state index contributed by atoms with van der Waals surface area (Å²) in [6.07, 6.45) is 7.00. The van der Waals surface area contributed by atoms with Crippen LogP contribution in [0.1, 0.15) is 54.5 Å². The molecular formula is C27H30N4O2. The Hall–Kier alpha value is -3.12. The SMILES string of the molecule is NC(=O)n1c2c(c3ccccc31)CCN(CCCCC13CCCc4cccc(c41)NC3=O)C2. The third kappa shape index (κ3) is 3.11. The summed E-state index contributed by atoms with van der Waals surface area (Å²) in [5.74, 6) is 0.193. The normalized spacial score (nSPS) is 21.6. The number of unbranched alkanes of at least 4 members (excludes halogenated alkanes) is 1. The third-order valence-corrected chi connectivity index (χ3v) is 8.05. The average Bonchev–Trinajstić information content (AvgIpc) is 3.30. The van der Waals surface area contributed by atoms with Gasteiger partial charge in [0.15, 0.2) is 0 Å². The Kier molecular flexibility index (Phi) is 4.80. The number of nitrogens with zero attached hydrogens (tertiary/aromatic N) is 2. The number of hydrogen-bond donors (Lipinski definition) is 2. The summed E-state index contributed by atoms with van der Waals surface area (Å²) in [6.45, 7) is 2.69. The predicted molar refractivity (Wildman–Crippen MR) is 129 cm³/mol. The number of anilines is 1. The van der Waals surface area contributed by atoms with Crippen LogP contribution in [0.15, 0.2) is 42.5 Å². The van der Waals surface area contributed by atoms with E-state index in [2.05, 4.69) is 28.4 Å². The standard InChI is InChI=1S/C27H30N4O2/c28-26(33)31-22-11-2-1-9-19(22)20-12-16-30(17-23(20)31)15-4-3-13-27-14-6-8-18-7-5-10-21(24(18)27)29-25(27)32/h1-2,5,7,9-11H,3-4,6,8,12-17H2,(H2,28,33)(H,29,32). The van der Waals surface area contributed by atoms with Gasteiger partial charge in [-0.1, -0.05) is 36.8 Å². The van der Waals surface area contributed by atoms with Crippen LogP contribution in [0.2, 0.25) is 0 Å². The highest BCUT2D eigenvalue weighted by molar-refractivity contribution is 6.07. The van der Waals surface area contributed by atoms with Crippen LogP contribution in [-0.4, -0.2) is 34.5 Å². The number of hydrogen-bond acceptors (Lipinski definition) is 3. The van der Waals surface area contributed by atoms with Crippen LogP contribution in [0.25, 0.3) is 10.9 Å². The number of fused-ring (bicyclic) bond motifs is 3. The van der Waals surface area contributed by atoms with E-state index in [4.69, 9.17) is 5.73 Å². The van der Waals surface area contributed by atoms with Crippen LogP contribution >= 0.6 is 0 Å². The van der Waals surface area contributed by atoms with Crippen LogP contribution < -0.4 is 11.1 Å². The fourth-order valence-corrected chi connectivity index (χ4v) is 6.59. The largest absolute Gasteiger partial charge is 0.351 e. The molecule has 1 unspecified atom stereocenters. The molecule has 2 aliphatic heterocycles. The van der Waals surface area contributed by atoms with E-state index in [-0.39, 0.29) is 11.3 Å². The second-order valence-electron chi connectivity index (χ2n) is 9.83. The van der Waals surface area contributed by atoms with E-state index < -0.39 is 6.03 Å². The zero-order chi connectivity index (χ0) is 22.6. The first-order valence-corrected chi connectivity index (χ1v) is 12.2. The van der Waals surface area contributed by atoms with E-state index >= 15 is 0 Å². The van der Waals surface area contributed by atoms with Gasteiger partial charge in [0.2, 0.25) is 5.91 Å². The second kappa shape index (κ2) is 7.73. The van der Waals surface area contributed by atoms with Gasteiger partial charge < -0.3 is 11.1 Å². The summed E-state index contributed by atoms with van der Waals surface area (Å²) < 4.78 is 1.69. The molecule has 0 fully saturated rings. The molecule has 3 heterocycles. The Balaban J connectivity index is 1.15. The Bertz CT molecular complexity index is 1280. The molecule has 33 heavy (non-hydrogen) atoms. The number of benzene rings is 2. The number of rotatable bonds is 5. The molecule has 0 saturated heterocycles. The van der Waals surface area contributed by atoms with E-state index in [1.807, 2.05) is 24.3 Å². The van der Waals surface area contributed by atoms with Crippen molar-refractivity contribution in [3.05, 3.63) is 64.8 Å². The molecule has 1 aliphatic carbocycles. The number of nitrogens with one attached hydrogen (secondary N) is 1. The number of carbonyl (C=O) groups is 2. The highest BCUT2D eigenvalue weighted by atomic mass is 16.2. The summed E-state index contributed by atoms with van der Waals surface area (Å²) in [6, 6.07) is 13.9. The van der Waals surface area contributed by atoms with Crippen molar-refractivity contribution in [2.24, 2.45) is 5.73 Å². The van der Waals surface area contributed by atoms with Crippen molar-refractivity contribution in [3.63, 3.8) is 0 Å². The monoisotopic (exact) mass is 442 g/mol. The lowest BCUT2D eigenvalue weighted by molar-refractivity contribution is -0.121. The van der Waals surface area contributed by atoms with E-state index in [1.54, 1.807) is 4.57 Å². The first-order chi connectivity index (χ1) is 16.1. The quantitative estimate of drug-likeness (QED) is 0.578. The number of amides is 2. The Labute approximate surface area is 193 Å². The van der Waals surface area contributed by atoms with Crippen molar-refractivity contribution in [1.29, 1.82) is 0 Å². The molecule has 2 amide bonds. The summed E-state index contributed by atoms with van der Waals surface area (Å²) in [7, 11) is 0. The van der Waals surface area contributed by atoms with Crippen molar-refractivity contribution in [1.82, 2.24) is 9.47 Å². The summed E-state index contributed by atoms with van der Waals surface area (Å²) in [5.41, 5.74) is 12.3. The van der Waals surface area contributed by atoms with E-state index in [0.29, 0.717) is 0 Å². The van der Waals surface area contributed by atoms with Gasteiger partial charge in [-0.3, -0.25) is 14.3 Å². The zero-order valence-corrected chi connectivity index (χ0v) is 18.9. The fourth-order valence-electron chi connectivity index (χ4n) is 6.59. The number of primary amides is 1. The number of aryl methyl sites for hydroxylation is 1. The fraction of sp³-hybridized carbons (Fsp3) is 0.407. The molecule has 0 radical (unpaired) electrons. The third-order valence-electron chi connectivity index (χ3n) is 8.05. The molecule has 6 nitrogen and oxygen atoms in total. The molecular weight excluding hydrogens is 412 g/mol. The number of para-hydroxylation sites is 1. The topological polar surface area (TPSA) is 80.4 Å². The molecule has 3 N–H and O–H groups in total. The first kappa shape index (κ1) is 20.5. The maximum atomic E-state index is 13.0. The Morgan fingerprint density at radius 3 is 2.85 bits per heavy atom. The predicted octanol–water partition coefficient (Wildman–Crippen LogP) is 4.32. The maximum absolute atomic E-state index is 13.0. The maximum Gasteiger partial charge on any atom is 0.323 e. The van der Waals surface area contributed by atoms with Crippen molar-refractivity contribution < 1.29 is 9.59 Å². The van der Waals surface area contributed by atoms with Gasteiger partial charge in [0.1, 0.15) is 0 Å². The molecule has 170 valence electrons. The summed E-state index contributed by atoms with van der Waals surface area (Å²) >= 11 is 0. The number of nitrogens with two attached hydrogens (primary N) is 1. The van der Waals surface area contributed by atoms with Gasteiger partial charge in [-0.25, -0.2) is 4.79 Å². The van der Waals surface area contributed by atoms with E-state index in [1.165, 1.54) is 16.7 Å². The molecule has 1 aromatic heterocycles. The van der Waals surface area contributed by atoms with Gasteiger partial charge >= 0.3 is 6.03 Å². The minimum atomic E-state index is -0.410. The molecule has 3 aromatic rings. The van der Waals surface area contributed by atoms with Crippen LogP contribution in [0.5, 0.6) is 0 Å². The lowest BCUT2D eigenvalue weighted by Crippen LogP contribution is -2.37. The molecule has 6 heteroatoms. The number of aromatic nitrogens is 1. The lowest BCUT2D eigenvalue weighted by Gasteiger charge is -2.33. The van der Waals surface area contributed by atoms with E-state index in [9.17, 15) is 9.59 Å². The molecule has 3 aliphatic rings. The molecule has 6 rings (SSSR count). The Morgan fingerprint density at radius 2 is 1.97 bits per heavy atom. The van der Waals surface area contributed by atoms with Gasteiger partial charge in [-0.15, -0.1) is 0 Å². The second-order valence-corrected chi connectivity index (χ2v) is 9.83. The van der Waals surface area contributed by atoms with Crippen molar-refractivity contribution in [3.8, 4) is 0 Å². The van der Waals surface area contributed by atoms with Gasteiger partial charge in [0.25, 0.3) is 0 Å². The molecule has 2 aromatic carbocycles. The molecule has 0 bridgehead atoms. The molecule has 0 spiro atoms.